The van der Waals surface area contributed by atoms with E-state index in [0.717, 1.165) is 58.9 Å². The zero-order chi connectivity index (χ0) is 30.5. The first-order valence-electron chi connectivity index (χ1n) is 14.4. The number of amides is 1. The molecule has 2 aromatic heterocycles. The topological polar surface area (TPSA) is 69.7 Å². The van der Waals surface area contributed by atoms with Gasteiger partial charge in [-0.15, -0.1) is 11.3 Å². The number of piperazine rings is 1. The lowest BCUT2D eigenvalue weighted by atomic mass is 10.1. The van der Waals surface area contributed by atoms with Crippen molar-refractivity contribution in [2.75, 3.05) is 38.5 Å². The number of fused-ring (bicyclic) bond motifs is 1. The maximum absolute atomic E-state index is 15.1. The number of nitrogens with one attached hydrogen (secondary N) is 2. The van der Waals surface area contributed by atoms with Crippen LogP contribution in [-0.4, -0.2) is 59.0 Å². The van der Waals surface area contributed by atoms with E-state index in [9.17, 15) is 4.79 Å². The molecule has 1 aliphatic heterocycles. The maximum atomic E-state index is 15.1. The van der Waals surface area contributed by atoms with Crippen molar-refractivity contribution in [2.45, 2.75) is 13.0 Å². The van der Waals surface area contributed by atoms with Gasteiger partial charge in [0.1, 0.15) is 5.75 Å². The number of nitrogens with zero attached hydrogens (tertiary/aromatic N) is 3. The van der Waals surface area contributed by atoms with Crippen LogP contribution in [0.5, 0.6) is 11.5 Å². The number of carbonyl (C=O) groups excluding carboxylic acids is 1. The van der Waals surface area contributed by atoms with Crippen LogP contribution in [0.3, 0.4) is 0 Å². The zero-order valence-corrected chi connectivity index (χ0v) is 25.9. The smallest absolute Gasteiger partial charge is 0.230 e. The summed E-state index contributed by atoms with van der Waals surface area (Å²) in [5.74, 6) is -0.217. The molecular weight excluding hydrogens is 594 g/mol. The van der Waals surface area contributed by atoms with E-state index in [2.05, 4.69) is 56.7 Å². The molecule has 0 aliphatic carbocycles. The molecule has 5 aromatic rings. The second kappa shape index (κ2) is 13.6. The highest BCUT2D eigenvalue weighted by molar-refractivity contribution is 7.80. The molecule has 0 bridgehead atoms. The molecule has 1 saturated heterocycles. The third kappa shape index (κ3) is 7.46. The Morgan fingerprint density at radius 1 is 0.955 bits per heavy atom. The first-order valence-corrected chi connectivity index (χ1v) is 15.6. The number of hydrogen-bond acceptors (Lipinski definition) is 7. The Morgan fingerprint density at radius 3 is 2.48 bits per heavy atom. The van der Waals surface area contributed by atoms with Gasteiger partial charge in [0.2, 0.25) is 5.91 Å². The molecule has 7 nitrogen and oxygen atoms in total. The predicted octanol–water partition coefficient (Wildman–Crippen LogP) is 6.70. The number of thiocarbonyl (C=S) groups is 1. The molecule has 3 heterocycles. The zero-order valence-electron chi connectivity index (χ0n) is 24.3. The summed E-state index contributed by atoms with van der Waals surface area (Å²) in [5, 5.41) is 5.58. The van der Waals surface area contributed by atoms with Crippen molar-refractivity contribution in [3.63, 3.8) is 0 Å². The highest BCUT2D eigenvalue weighted by Crippen LogP contribution is 2.39. The Bertz CT molecular complexity index is 1770. The number of likely N-dealkylation sites (N-methyl/N-ethyl adjacent to an activating group) is 1. The van der Waals surface area contributed by atoms with Crippen LogP contribution in [0, 0.1) is 5.82 Å². The van der Waals surface area contributed by atoms with Gasteiger partial charge in [0.15, 0.2) is 16.7 Å². The van der Waals surface area contributed by atoms with E-state index < -0.39 is 5.82 Å². The van der Waals surface area contributed by atoms with E-state index in [1.165, 1.54) is 17.7 Å². The standard InChI is InChI=1S/C34H32FN5O2S2/c1-39-15-17-40(18-16-39)22-24-7-9-25(10-8-24)31-21-28-33(44-31)30(13-14-36-28)42-29-12-11-26(20-27(29)35)37-34(43)38-32(41)19-23-5-3-2-4-6-23/h2-14,20-21H,15-19,22H2,1H3,(H2,37,38,41,43). The van der Waals surface area contributed by atoms with Gasteiger partial charge in [0.25, 0.3) is 0 Å². The molecule has 1 aliphatic rings. The van der Waals surface area contributed by atoms with Crippen molar-refractivity contribution >= 4 is 50.5 Å². The van der Waals surface area contributed by atoms with E-state index in [4.69, 9.17) is 17.0 Å². The summed E-state index contributed by atoms with van der Waals surface area (Å²) in [5.41, 5.74) is 4.46. The van der Waals surface area contributed by atoms with Crippen molar-refractivity contribution in [2.24, 2.45) is 0 Å². The average Bonchev–Trinajstić information content (AvgIpc) is 3.46. The van der Waals surface area contributed by atoms with Gasteiger partial charge in [-0.25, -0.2) is 4.39 Å². The number of pyridine rings is 1. The van der Waals surface area contributed by atoms with Crippen molar-refractivity contribution in [1.82, 2.24) is 20.1 Å². The first kappa shape index (κ1) is 29.8. The van der Waals surface area contributed by atoms with E-state index in [1.807, 2.05) is 36.4 Å². The number of rotatable bonds is 8. The van der Waals surface area contributed by atoms with Crippen molar-refractivity contribution in [3.8, 4) is 21.9 Å². The molecule has 6 rings (SSSR count). The van der Waals surface area contributed by atoms with E-state index in [-0.39, 0.29) is 23.2 Å². The number of anilines is 1. The summed E-state index contributed by atoms with van der Waals surface area (Å²) in [6.07, 6.45) is 1.86. The summed E-state index contributed by atoms with van der Waals surface area (Å²) >= 11 is 6.81. The fourth-order valence-electron chi connectivity index (χ4n) is 5.07. The quantitative estimate of drug-likeness (QED) is 0.186. The molecule has 1 fully saturated rings. The normalized spacial score (nSPS) is 14.0. The lowest BCUT2D eigenvalue weighted by molar-refractivity contribution is -0.119. The number of halogens is 1. The van der Waals surface area contributed by atoms with Crippen molar-refractivity contribution in [1.29, 1.82) is 0 Å². The number of benzene rings is 3. The molecule has 10 heteroatoms. The molecule has 0 radical (unpaired) electrons. The minimum absolute atomic E-state index is 0.0743. The average molecular weight is 626 g/mol. The van der Waals surface area contributed by atoms with Crippen LogP contribution >= 0.6 is 23.6 Å². The largest absolute Gasteiger partial charge is 0.453 e. The van der Waals surface area contributed by atoms with Crippen LogP contribution in [0.4, 0.5) is 10.1 Å². The number of aromatic nitrogens is 1. The van der Waals surface area contributed by atoms with E-state index in [0.29, 0.717) is 11.4 Å². The van der Waals surface area contributed by atoms with Gasteiger partial charge in [0.05, 0.1) is 16.6 Å². The number of hydrogen-bond donors (Lipinski definition) is 2. The van der Waals surface area contributed by atoms with Crippen molar-refractivity contribution < 1.29 is 13.9 Å². The fraction of sp³-hybridized carbons (Fsp3) is 0.206. The molecule has 44 heavy (non-hydrogen) atoms. The van der Waals surface area contributed by atoms with Gasteiger partial charge in [-0.2, -0.15) is 0 Å². The molecule has 1 amide bonds. The van der Waals surface area contributed by atoms with Gasteiger partial charge in [-0.1, -0.05) is 54.6 Å². The van der Waals surface area contributed by atoms with Crippen LogP contribution in [0.25, 0.3) is 20.7 Å². The van der Waals surface area contributed by atoms with Crippen LogP contribution in [-0.2, 0) is 17.8 Å². The summed E-state index contributed by atoms with van der Waals surface area (Å²) in [7, 11) is 2.17. The number of ether oxygens (including phenoxy) is 1. The van der Waals surface area contributed by atoms with Gasteiger partial charge in [-0.3, -0.25) is 14.7 Å². The molecule has 224 valence electrons. The van der Waals surface area contributed by atoms with Gasteiger partial charge in [-0.05, 0) is 54.2 Å². The number of thiophene rings is 1. The third-order valence-corrected chi connectivity index (χ3v) is 8.88. The highest BCUT2D eigenvalue weighted by Gasteiger charge is 2.16. The second-order valence-electron chi connectivity index (χ2n) is 10.8. The lowest BCUT2D eigenvalue weighted by Crippen LogP contribution is -2.43. The van der Waals surface area contributed by atoms with Crippen LogP contribution in [0.1, 0.15) is 11.1 Å². The Balaban J connectivity index is 1.09. The fourth-order valence-corrected chi connectivity index (χ4v) is 6.37. The molecular formula is C34H32FN5O2S2. The Morgan fingerprint density at radius 2 is 1.73 bits per heavy atom. The van der Waals surface area contributed by atoms with Gasteiger partial charge >= 0.3 is 0 Å². The first-order chi connectivity index (χ1) is 21.4. The maximum Gasteiger partial charge on any atom is 0.230 e. The SMILES string of the molecule is CN1CCN(Cc2ccc(-c3cc4nccc(Oc5ccc(NC(=S)NC(=O)Cc6ccccc6)cc5F)c4s3)cc2)CC1. The van der Waals surface area contributed by atoms with Gasteiger partial charge < -0.3 is 20.3 Å². The van der Waals surface area contributed by atoms with Crippen LogP contribution in [0.2, 0.25) is 0 Å². The molecule has 0 spiro atoms. The lowest BCUT2D eigenvalue weighted by Gasteiger charge is -2.32. The predicted molar refractivity (Wildman–Crippen MR) is 179 cm³/mol. The Labute approximate surface area is 265 Å². The summed E-state index contributed by atoms with van der Waals surface area (Å²) in [6, 6.07) is 26.3. The van der Waals surface area contributed by atoms with E-state index >= 15 is 4.39 Å². The molecule has 0 unspecified atom stereocenters. The second-order valence-corrected chi connectivity index (χ2v) is 12.3. The van der Waals surface area contributed by atoms with Crippen LogP contribution < -0.4 is 15.4 Å². The molecule has 0 saturated carbocycles. The summed E-state index contributed by atoms with van der Waals surface area (Å²) in [6.45, 7) is 5.33. The van der Waals surface area contributed by atoms with Crippen LogP contribution in [0.15, 0.2) is 91.1 Å². The number of carbonyl (C=O) groups is 1. The van der Waals surface area contributed by atoms with E-state index in [1.54, 1.807) is 29.7 Å². The minimum atomic E-state index is -0.564. The molecule has 3 aromatic carbocycles. The van der Waals surface area contributed by atoms with Gasteiger partial charge in [0, 0.05) is 61.6 Å². The minimum Gasteiger partial charge on any atom is -0.453 e. The Kier molecular flexibility index (Phi) is 9.23. The molecule has 2 N–H and O–H groups in total. The monoisotopic (exact) mass is 625 g/mol. The highest BCUT2D eigenvalue weighted by atomic mass is 32.1. The van der Waals surface area contributed by atoms with Crippen molar-refractivity contribution in [3.05, 3.63) is 108 Å². The molecule has 0 atom stereocenters. The summed E-state index contributed by atoms with van der Waals surface area (Å²) < 4.78 is 22.0. The summed E-state index contributed by atoms with van der Waals surface area (Å²) in [4.78, 5) is 22.7. The Hall–Kier alpha value is -4.22. The third-order valence-electron chi connectivity index (χ3n) is 7.49.